The fourth-order valence-corrected chi connectivity index (χ4v) is 1.58. The van der Waals surface area contributed by atoms with Crippen molar-refractivity contribution in [3.05, 3.63) is 0 Å². The standard InChI is InChI=1S/C9H15NO3/c1-10(13-2)9(12)7-4-3-5-8(11)6-7/h7H,3-6H2,1-2H3/t7-/m1/s1. The summed E-state index contributed by atoms with van der Waals surface area (Å²) in [6.07, 6.45) is 2.64. The molecular weight excluding hydrogens is 170 g/mol. The van der Waals surface area contributed by atoms with Crippen LogP contribution < -0.4 is 0 Å². The van der Waals surface area contributed by atoms with Gasteiger partial charge in [-0.25, -0.2) is 5.06 Å². The van der Waals surface area contributed by atoms with E-state index in [1.165, 1.54) is 12.2 Å². The topological polar surface area (TPSA) is 46.6 Å². The normalized spacial score (nSPS) is 22.9. The maximum Gasteiger partial charge on any atom is 0.249 e. The smallest absolute Gasteiger partial charge is 0.249 e. The van der Waals surface area contributed by atoms with Crippen LogP contribution >= 0.6 is 0 Å². The van der Waals surface area contributed by atoms with Gasteiger partial charge in [0.25, 0.3) is 0 Å². The lowest BCUT2D eigenvalue weighted by Crippen LogP contribution is -2.34. The van der Waals surface area contributed by atoms with Crippen molar-refractivity contribution in [2.45, 2.75) is 25.7 Å². The SMILES string of the molecule is CON(C)C(=O)[C@@H]1CCCC(=O)C1. The number of ketones is 1. The van der Waals surface area contributed by atoms with Crippen molar-refractivity contribution in [1.82, 2.24) is 5.06 Å². The molecule has 0 aromatic carbocycles. The molecule has 0 heterocycles. The first-order valence-electron chi connectivity index (χ1n) is 4.48. The maximum atomic E-state index is 11.5. The number of amides is 1. The lowest BCUT2D eigenvalue weighted by atomic mass is 9.88. The lowest BCUT2D eigenvalue weighted by molar-refractivity contribution is -0.174. The minimum absolute atomic E-state index is 0.0875. The second-order valence-corrected chi connectivity index (χ2v) is 3.35. The zero-order valence-corrected chi connectivity index (χ0v) is 8.08. The van der Waals surface area contributed by atoms with Crippen molar-refractivity contribution in [2.75, 3.05) is 14.2 Å². The first-order valence-corrected chi connectivity index (χ1v) is 4.48. The number of nitrogens with zero attached hydrogens (tertiary/aromatic N) is 1. The zero-order valence-electron chi connectivity index (χ0n) is 8.08. The highest BCUT2D eigenvalue weighted by molar-refractivity contribution is 5.87. The van der Waals surface area contributed by atoms with Gasteiger partial charge in [0.05, 0.1) is 7.11 Å². The minimum atomic E-state index is -0.161. The second-order valence-electron chi connectivity index (χ2n) is 3.35. The molecule has 1 rings (SSSR count). The highest BCUT2D eigenvalue weighted by atomic mass is 16.7. The molecule has 13 heavy (non-hydrogen) atoms. The van der Waals surface area contributed by atoms with E-state index < -0.39 is 0 Å². The number of hydrogen-bond donors (Lipinski definition) is 0. The van der Waals surface area contributed by atoms with Crippen molar-refractivity contribution in [1.29, 1.82) is 0 Å². The molecule has 0 aliphatic heterocycles. The van der Waals surface area contributed by atoms with Crippen LogP contribution in [0.1, 0.15) is 25.7 Å². The molecule has 0 aromatic rings. The van der Waals surface area contributed by atoms with E-state index in [0.717, 1.165) is 12.8 Å². The van der Waals surface area contributed by atoms with E-state index in [-0.39, 0.29) is 17.6 Å². The van der Waals surface area contributed by atoms with Crippen LogP contribution in [0.2, 0.25) is 0 Å². The molecular formula is C9H15NO3. The second kappa shape index (κ2) is 4.37. The number of rotatable bonds is 2. The van der Waals surface area contributed by atoms with Crippen LogP contribution in [0, 0.1) is 5.92 Å². The van der Waals surface area contributed by atoms with E-state index in [4.69, 9.17) is 4.84 Å². The fraction of sp³-hybridized carbons (Fsp3) is 0.778. The third-order valence-electron chi connectivity index (χ3n) is 2.42. The summed E-state index contributed by atoms with van der Waals surface area (Å²) >= 11 is 0. The van der Waals surface area contributed by atoms with Crippen molar-refractivity contribution in [2.24, 2.45) is 5.92 Å². The molecule has 4 nitrogen and oxygen atoms in total. The van der Waals surface area contributed by atoms with Crippen LogP contribution in [0.5, 0.6) is 0 Å². The zero-order chi connectivity index (χ0) is 9.84. The fourth-order valence-electron chi connectivity index (χ4n) is 1.58. The van der Waals surface area contributed by atoms with Gasteiger partial charge in [0.15, 0.2) is 0 Å². The Hall–Kier alpha value is -0.900. The van der Waals surface area contributed by atoms with Gasteiger partial charge in [0, 0.05) is 25.8 Å². The van der Waals surface area contributed by atoms with Crippen LogP contribution in [-0.2, 0) is 14.4 Å². The van der Waals surface area contributed by atoms with Crippen molar-refractivity contribution >= 4 is 11.7 Å². The monoisotopic (exact) mass is 185 g/mol. The van der Waals surface area contributed by atoms with E-state index in [2.05, 4.69) is 0 Å². The summed E-state index contributed by atoms with van der Waals surface area (Å²) in [5.74, 6) is -0.0594. The largest absolute Gasteiger partial charge is 0.300 e. The Bertz CT molecular complexity index is 215. The maximum absolute atomic E-state index is 11.5. The summed E-state index contributed by atoms with van der Waals surface area (Å²) in [4.78, 5) is 27.4. The average Bonchev–Trinajstić information content (AvgIpc) is 2.15. The van der Waals surface area contributed by atoms with Crippen LogP contribution in [0.25, 0.3) is 0 Å². The third kappa shape index (κ3) is 2.52. The Morgan fingerprint density at radius 1 is 1.62 bits per heavy atom. The van der Waals surface area contributed by atoms with Crippen molar-refractivity contribution < 1.29 is 14.4 Å². The molecule has 1 amide bonds. The van der Waals surface area contributed by atoms with Gasteiger partial charge in [-0.15, -0.1) is 0 Å². The van der Waals surface area contributed by atoms with E-state index in [1.54, 1.807) is 7.05 Å². The number of Topliss-reactive ketones (excluding diaryl/α,β-unsaturated/α-hetero) is 1. The summed E-state index contributed by atoms with van der Waals surface area (Å²) in [6.45, 7) is 0. The van der Waals surface area contributed by atoms with Gasteiger partial charge in [-0.1, -0.05) is 0 Å². The van der Waals surface area contributed by atoms with Crippen LogP contribution in [0.4, 0.5) is 0 Å². The van der Waals surface area contributed by atoms with Crippen LogP contribution in [0.3, 0.4) is 0 Å². The molecule has 0 radical (unpaired) electrons. The van der Waals surface area contributed by atoms with Gasteiger partial charge in [-0.3, -0.25) is 14.4 Å². The third-order valence-corrected chi connectivity index (χ3v) is 2.42. The minimum Gasteiger partial charge on any atom is -0.300 e. The first-order chi connectivity index (χ1) is 6.15. The summed E-state index contributed by atoms with van der Waals surface area (Å²) in [5, 5.41) is 1.20. The molecule has 0 spiro atoms. The molecule has 0 unspecified atom stereocenters. The highest BCUT2D eigenvalue weighted by Crippen LogP contribution is 2.22. The first kappa shape index (κ1) is 10.2. The van der Waals surface area contributed by atoms with E-state index in [1.807, 2.05) is 0 Å². The molecule has 0 bridgehead atoms. The number of hydroxylamine groups is 2. The van der Waals surface area contributed by atoms with Crippen LogP contribution in [-0.4, -0.2) is 30.9 Å². The van der Waals surface area contributed by atoms with Gasteiger partial charge < -0.3 is 0 Å². The molecule has 74 valence electrons. The molecule has 1 atom stereocenters. The van der Waals surface area contributed by atoms with E-state index in [0.29, 0.717) is 12.8 Å². The molecule has 0 N–H and O–H groups in total. The molecule has 1 fully saturated rings. The average molecular weight is 185 g/mol. The Morgan fingerprint density at radius 2 is 2.31 bits per heavy atom. The van der Waals surface area contributed by atoms with Gasteiger partial charge >= 0.3 is 0 Å². The Morgan fingerprint density at radius 3 is 2.85 bits per heavy atom. The van der Waals surface area contributed by atoms with Gasteiger partial charge in [0.2, 0.25) is 5.91 Å². The molecule has 1 saturated carbocycles. The number of carbonyl (C=O) groups excluding carboxylic acids is 2. The molecule has 4 heteroatoms. The summed E-state index contributed by atoms with van der Waals surface area (Å²) in [5.41, 5.74) is 0. The summed E-state index contributed by atoms with van der Waals surface area (Å²) in [7, 11) is 3.02. The molecule has 0 aromatic heterocycles. The van der Waals surface area contributed by atoms with E-state index in [9.17, 15) is 9.59 Å². The van der Waals surface area contributed by atoms with Crippen molar-refractivity contribution in [3.63, 3.8) is 0 Å². The van der Waals surface area contributed by atoms with Gasteiger partial charge in [-0.2, -0.15) is 0 Å². The Kier molecular flexibility index (Phi) is 3.42. The lowest BCUT2D eigenvalue weighted by Gasteiger charge is -2.23. The molecule has 0 saturated heterocycles. The van der Waals surface area contributed by atoms with Gasteiger partial charge in [-0.05, 0) is 12.8 Å². The summed E-state index contributed by atoms with van der Waals surface area (Å²) in [6, 6.07) is 0. The van der Waals surface area contributed by atoms with Crippen molar-refractivity contribution in [3.8, 4) is 0 Å². The number of hydrogen-bond acceptors (Lipinski definition) is 3. The summed E-state index contributed by atoms with van der Waals surface area (Å²) < 4.78 is 0. The highest BCUT2D eigenvalue weighted by Gasteiger charge is 2.27. The quantitative estimate of drug-likeness (QED) is 0.597. The van der Waals surface area contributed by atoms with E-state index >= 15 is 0 Å². The predicted octanol–water partition coefficient (Wildman–Crippen LogP) is 0.765. The molecule has 1 aliphatic rings. The number of carbonyl (C=O) groups is 2. The predicted molar refractivity (Wildman–Crippen MR) is 46.7 cm³/mol. The van der Waals surface area contributed by atoms with Crippen LogP contribution in [0.15, 0.2) is 0 Å². The van der Waals surface area contributed by atoms with Gasteiger partial charge in [0.1, 0.15) is 5.78 Å². The molecule has 1 aliphatic carbocycles. The Balaban J connectivity index is 2.50. The Labute approximate surface area is 77.8 Å².